The Balaban J connectivity index is 1.38. The molecule has 2 heterocycles. The van der Waals surface area contributed by atoms with E-state index in [-0.39, 0.29) is 11.8 Å². The Morgan fingerprint density at radius 1 is 1.19 bits per heavy atom. The summed E-state index contributed by atoms with van der Waals surface area (Å²) in [5.41, 5.74) is 1.22. The Hall–Kier alpha value is -2.04. The zero-order valence-electron chi connectivity index (χ0n) is 15.8. The van der Waals surface area contributed by atoms with E-state index in [0.717, 1.165) is 57.6 Å². The second kappa shape index (κ2) is 9.06. The van der Waals surface area contributed by atoms with Crippen molar-refractivity contribution < 1.29 is 14.3 Å². The molecular weight excluding hydrogens is 328 g/mol. The Kier molecular flexibility index (Phi) is 6.53. The monoisotopic (exact) mass is 358 g/mol. The SMILES string of the molecule is Cc1ccc(OCC2CCCN(C(=O)CCCN3CCCC3=O)C2)cc1. The van der Waals surface area contributed by atoms with Crippen molar-refractivity contribution in [3.05, 3.63) is 29.8 Å². The summed E-state index contributed by atoms with van der Waals surface area (Å²) in [7, 11) is 0. The third-order valence-corrected chi connectivity index (χ3v) is 5.37. The van der Waals surface area contributed by atoms with Crippen LogP contribution in [0, 0.1) is 12.8 Å². The highest BCUT2D eigenvalue weighted by molar-refractivity contribution is 5.78. The van der Waals surface area contributed by atoms with Crippen molar-refractivity contribution in [2.75, 3.05) is 32.8 Å². The van der Waals surface area contributed by atoms with Gasteiger partial charge in [0.05, 0.1) is 6.61 Å². The number of piperidine rings is 1. The minimum Gasteiger partial charge on any atom is -0.493 e. The fourth-order valence-corrected chi connectivity index (χ4v) is 3.80. The van der Waals surface area contributed by atoms with Crippen LogP contribution in [0.1, 0.15) is 44.1 Å². The van der Waals surface area contributed by atoms with Gasteiger partial charge in [0.15, 0.2) is 0 Å². The molecule has 0 aromatic heterocycles. The van der Waals surface area contributed by atoms with Crippen molar-refractivity contribution in [1.82, 2.24) is 9.80 Å². The molecule has 0 bridgehead atoms. The van der Waals surface area contributed by atoms with E-state index in [0.29, 0.717) is 25.4 Å². The van der Waals surface area contributed by atoms with Gasteiger partial charge in [0.1, 0.15) is 5.75 Å². The summed E-state index contributed by atoms with van der Waals surface area (Å²) in [5.74, 6) is 1.75. The van der Waals surface area contributed by atoms with E-state index < -0.39 is 0 Å². The van der Waals surface area contributed by atoms with Gasteiger partial charge >= 0.3 is 0 Å². The van der Waals surface area contributed by atoms with E-state index in [9.17, 15) is 9.59 Å². The topological polar surface area (TPSA) is 49.9 Å². The molecule has 0 radical (unpaired) electrons. The molecule has 2 fully saturated rings. The lowest BCUT2D eigenvalue weighted by Crippen LogP contribution is -2.41. The molecule has 2 saturated heterocycles. The lowest BCUT2D eigenvalue weighted by atomic mass is 9.98. The van der Waals surface area contributed by atoms with Gasteiger partial charge < -0.3 is 14.5 Å². The number of hydrogen-bond acceptors (Lipinski definition) is 3. The molecular formula is C21H30N2O3. The van der Waals surface area contributed by atoms with Crippen LogP contribution in [-0.4, -0.2) is 54.4 Å². The summed E-state index contributed by atoms with van der Waals surface area (Å²) >= 11 is 0. The Morgan fingerprint density at radius 3 is 2.73 bits per heavy atom. The van der Waals surface area contributed by atoms with Crippen LogP contribution in [0.25, 0.3) is 0 Å². The van der Waals surface area contributed by atoms with Crippen LogP contribution in [0.4, 0.5) is 0 Å². The number of aryl methyl sites for hydroxylation is 1. The molecule has 5 heteroatoms. The Morgan fingerprint density at radius 2 is 2.00 bits per heavy atom. The molecule has 2 aliphatic heterocycles. The maximum Gasteiger partial charge on any atom is 0.222 e. The second-order valence-corrected chi connectivity index (χ2v) is 7.56. The van der Waals surface area contributed by atoms with Crippen molar-refractivity contribution >= 4 is 11.8 Å². The number of ether oxygens (including phenoxy) is 1. The molecule has 2 amide bonds. The smallest absolute Gasteiger partial charge is 0.222 e. The van der Waals surface area contributed by atoms with Gasteiger partial charge in [0.25, 0.3) is 0 Å². The number of amides is 2. The van der Waals surface area contributed by atoms with Gasteiger partial charge in [0, 0.05) is 44.9 Å². The van der Waals surface area contributed by atoms with Crippen molar-refractivity contribution in [3.63, 3.8) is 0 Å². The number of carbonyl (C=O) groups is 2. The zero-order chi connectivity index (χ0) is 18.4. The standard InChI is InChI=1S/C21H30N2O3/c1-17-8-10-19(11-9-17)26-16-18-5-2-14-23(15-18)21(25)7-4-13-22-12-3-6-20(22)24/h8-11,18H,2-7,12-16H2,1H3. The fraction of sp³-hybridized carbons (Fsp3) is 0.619. The average Bonchev–Trinajstić information content (AvgIpc) is 3.06. The van der Waals surface area contributed by atoms with Gasteiger partial charge in [-0.3, -0.25) is 9.59 Å². The largest absolute Gasteiger partial charge is 0.493 e. The summed E-state index contributed by atoms with van der Waals surface area (Å²) in [6.07, 6.45) is 5.08. The number of hydrogen-bond donors (Lipinski definition) is 0. The summed E-state index contributed by atoms with van der Waals surface area (Å²) in [6, 6.07) is 8.11. The first-order valence-electron chi connectivity index (χ1n) is 9.87. The molecule has 1 aromatic rings. The van der Waals surface area contributed by atoms with Crippen molar-refractivity contribution in [1.29, 1.82) is 0 Å². The Labute approximate surface area is 156 Å². The first-order chi connectivity index (χ1) is 12.6. The van der Waals surface area contributed by atoms with Gasteiger partial charge in [-0.1, -0.05) is 17.7 Å². The van der Waals surface area contributed by atoms with Gasteiger partial charge in [0.2, 0.25) is 11.8 Å². The molecule has 0 saturated carbocycles. The molecule has 1 atom stereocenters. The van der Waals surface area contributed by atoms with E-state index >= 15 is 0 Å². The maximum atomic E-state index is 12.5. The molecule has 0 N–H and O–H groups in total. The van der Waals surface area contributed by atoms with Gasteiger partial charge in [-0.05, 0) is 44.7 Å². The van der Waals surface area contributed by atoms with Gasteiger partial charge in [-0.15, -0.1) is 0 Å². The third-order valence-electron chi connectivity index (χ3n) is 5.37. The van der Waals surface area contributed by atoms with Crippen molar-refractivity contribution in [2.24, 2.45) is 5.92 Å². The first kappa shape index (κ1) is 18.7. The van der Waals surface area contributed by atoms with Crippen LogP contribution in [0.2, 0.25) is 0 Å². The van der Waals surface area contributed by atoms with E-state index in [4.69, 9.17) is 4.74 Å². The van der Waals surface area contributed by atoms with E-state index in [1.54, 1.807) is 0 Å². The van der Waals surface area contributed by atoms with Crippen molar-refractivity contribution in [2.45, 2.75) is 45.4 Å². The highest BCUT2D eigenvalue weighted by Gasteiger charge is 2.25. The first-order valence-corrected chi connectivity index (χ1v) is 9.87. The number of carbonyl (C=O) groups excluding carboxylic acids is 2. The molecule has 1 unspecified atom stereocenters. The minimum atomic E-state index is 0.219. The number of rotatable bonds is 7. The molecule has 2 aliphatic rings. The number of benzene rings is 1. The third kappa shape index (κ3) is 5.23. The van der Waals surface area contributed by atoms with Crippen LogP contribution < -0.4 is 4.74 Å². The predicted octanol–water partition coefficient (Wildman–Crippen LogP) is 3.02. The van der Waals surface area contributed by atoms with Gasteiger partial charge in [-0.2, -0.15) is 0 Å². The highest BCUT2D eigenvalue weighted by atomic mass is 16.5. The van der Waals surface area contributed by atoms with Crippen LogP contribution in [-0.2, 0) is 9.59 Å². The molecule has 142 valence electrons. The molecule has 5 nitrogen and oxygen atoms in total. The van der Waals surface area contributed by atoms with Crippen LogP contribution >= 0.6 is 0 Å². The van der Waals surface area contributed by atoms with Gasteiger partial charge in [-0.25, -0.2) is 0 Å². The summed E-state index contributed by atoms with van der Waals surface area (Å²) in [6.45, 7) is 5.94. The summed E-state index contributed by atoms with van der Waals surface area (Å²) < 4.78 is 5.91. The van der Waals surface area contributed by atoms with Crippen LogP contribution in [0.3, 0.4) is 0 Å². The van der Waals surface area contributed by atoms with E-state index in [2.05, 4.69) is 19.1 Å². The van der Waals surface area contributed by atoms with Crippen LogP contribution in [0.15, 0.2) is 24.3 Å². The average molecular weight is 358 g/mol. The molecule has 1 aromatic carbocycles. The molecule has 0 aliphatic carbocycles. The second-order valence-electron chi connectivity index (χ2n) is 7.56. The summed E-state index contributed by atoms with van der Waals surface area (Å²) in [4.78, 5) is 28.0. The van der Waals surface area contributed by atoms with Crippen LogP contribution in [0.5, 0.6) is 5.75 Å². The van der Waals surface area contributed by atoms with E-state index in [1.807, 2.05) is 21.9 Å². The number of nitrogens with zero attached hydrogens (tertiary/aromatic N) is 2. The lowest BCUT2D eigenvalue weighted by molar-refractivity contribution is -0.134. The van der Waals surface area contributed by atoms with Crippen molar-refractivity contribution in [3.8, 4) is 5.75 Å². The molecule has 26 heavy (non-hydrogen) atoms. The lowest BCUT2D eigenvalue weighted by Gasteiger charge is -2.33. The Bertz CT molecular complexity index is 614. The van der Waals surface area contributed by atoms with E-state index in [1.165, 1.54) is 5.56 Å². The predicted molar refractivity (Wildman–Crippen MR) is 101 cm³/mol. The fourth-order valence-electron chi connectivity index (χ4n) is 3.80. The minimum absolute atomic E-state index is 0.219. The highest BCUT2D eigenvalue weighted by Crippen LogP contribution is 2.20. The normalized spacial score (nSPS) is 20.5. The molecule has 0 spiro atoms. The zero-order valence-corrected chi connectivity index (χ0v) is 15.8. The quantitative estimate of drug-likeness (QED) is 0.753. The molecule has 3 rings (SSSR count). The maximum absolute atomic E-state index is 12.5. The summed E-state index contributed by atoms with van der Waals surface area (Å²) in [5, 5.41) is 0. The number of likely N-dealkylation sites (tertiary alicyclic amines) is 2.